The van der Waals surface area contributed by atoms with Crippen LogP contribution in [0.5, 0.6) is 0 Å². The van der Waals surface area contributed by atoms with Gasteiger partial charge in [-0.05, 0) is 36.4 Å². The predicted octanol–water partition coefficient (Wildman–Crippen LogP) is 2.50. The molecule has 2 amide bonds. The molecule has 0 saturated heterocycles. The molecule has 8 heteroatoms. The second-order valence-corrected chi connectivity index (χ2v) is 5.66. The zero-order valence-corrected chi connectivity index (χ0v) is 14.6. The first-order chi connectivity index (χ1) is 13.1. The number of nitrogens with zero attached hydrogens (tertiary/aromatic N) is 3. The van der Waals surface area contributed by atoms with Gasteiger partial charge in [0.25, 0.3) is 5.91 Å². The molecule has 0 radical (unpaired) electrons. The number of pyridine rings is 1. The minimum Gasteiger partial charge on any atom is -0.345 e. The summed E-state index contributed by atoms with van der Waals surface area (Å²) in [7, 11) is 0. The van der Waals surface area contributed by atoms with Crippen LogP contribution in [0.3, 0.4) is 0 Å². The van der Waals surface area contributed by atoms with Crippen molar-refractivity contribution in [2.75, 3.05) is 10.6 Å². The van der Waals surface area contributed by atoms with E-state index in [4.69, 9.17) is 0 Å². The van der Waals surface area contributed by atoms with Crippen molar-refractivity contribution in [2.24, 2.45) is 0 Å². The molecular weight excluding hydrogens is 344 g/mol. The summed E-state index contributed by atoms with van der Waals surface area (Å²) in [5, 5.41) is 8.49. The molecular formula is C19H18N6O2. The minimum absolute atomic E-state index is 0.157. The third-order valence-electron chi connectivity index (χ3n) is 3.48. The van der Waals surface area contributed by atoms with Crippen LogP contribution in [0.1, 0.15) is 23.1 Å². The first kappa shape index (κ1) is 18.0. The van der Waals surface area contributed by atoms with Crippen LogP contribution in [0.15, 0.2) is 60.9 Å². The minimum atomic E-state index is -0.321. The Morgan fingerprint density at radius 2 is 1.81 bits per heavy atom. The first-order valence-corrected chi connectivity index (χ1v) is 8.26. The van der Waals surface area contributed by atoms with E-state index in [0.717, 1.165) is 5.69 Å². The number of anilines is 3. The van der Waals surface area contributed by atoms with Crippen LogP contribution in [-0.4, -0.2) is 26.8 Å². The summed E-state index contributed by atoms with van der Waals surface area (Å²) in [5.41, 5.74) is 2.33. The van der Waals surface area contributed by atoms with Gasteiger partial charge in [-0.1, -0.05) is 12.1 Å². The van der Waals surface area contributed by atoms with Crippen molar-refractivity contribution in [3.05, 3.63) is 72.3 Å². The van der Waals surface area contributed by atoms with Crippen LogP contribution in [0.25, 0.3) is 0 Å². The van der Waals surface area contributed by atoms with Gasteiger partial charge in [0.05, 0.1) is 12.2 Å². The molecule has 0 aliphatic rings. The number of aromatic nitrogens is 3. The van der Waals surface area contributed by atoms with Crippen LogP contribution in [0, 0.1) is 0 Å². The predicted molar refractivity (Wildman–Crippen MR) is 101 cm³/mol. The fourth-order valence-electron chi connectivity index (χ4n) is 2.32. The van der Waals surface area contributed by atoms with Gasteiger partial charge in [0.2, 0.25) is 11.9 Å². The van der Waals surface area contributed by atoms with Gasteiger partial charge in [0.15, 0.2) is 0 Å². The van der Waals surface area contributed by atoms with Crippen LogP contribution < -0.4 is 16.0 Å². The second-order valence-electron chi connectivity index (χ2n) is 5.66. The molecule has 0 atom stereocenters. The van der Waals surface area contributed by atoms with E-state index in [1.54, 1.807) is 24.4 Å². The summed E-state index contributed by atoms with van der Waals surface area (Å²) in [4.78, 5) is 36.0. The Balaban J connectivity index is 1.66. The summed E-state index contributed by atoms with van der Waals surface area (Å²) < 4.78 is 0. The topological polar surface area (TPSA) is 109 Å². The molecule has 0 saturated carbocycles. The highest BCUT2D eigenvalue weighted by molar-refractivity contribution is 5.92. The maximum Gasteiger partial charge on any atom is 0.270 e. The van der Waals surface area contributed by atoms with E-state index in [0.29, 0.717) is 17.9 Å². The molecule has 0 spiro atoms. The summed E-state index contributed by atoms with van der Waals surface area (Å²) in [5.74, 6) is -0.200. The molecule has 136 valence electrons. The lowest BCUT2D eigenvalue weighted by Crippen LogP contribution is -2.24. The van der Waals surface area contributed by atoms with Gasteiger partial charge in [-0.3, -0.25) is 14.6 Å². The summed E-state index contributed by atoms with van der Waals surface area (Å²) in [6, 6.07) is 14.2. The molecule has 2 heterocycles. The molecule has 8 nitrogen and oxygen atoms in total. The van der Waals surface area contributed by atoms with Crippen LogP contribution >= 0.6 is 0 Å². The Morgan fingerprint density at radius 3 is 2.59 bits per heavy atom. The molecule has 1 aromatic carbocycles. The van der Waals surface area contributed by atoms with Crippen LogP contribution in [0.4, 0.5) is 17.3 Å². The normalized spacial score (nSPS) is 10.1. The highest BCUT2D eigenvalue weighted by atomic mass is 16.2. The van der Waals surface area contributed by atoms with E-state index in [1.165, 1.54) is 19.2 Å². The van der Waals surface area contributed by atoms with Gasteiger partial charge in [0.1, 0.15) is 5.69 Å². The number of hydrogen-bond donors (Lipinski definition) is 3. The number of benzene rings is 1. The van der Waals surface area contributed by atoms with E-state index in [9.17, 15) is 9.59 Å². The SMILES string of the molecule is CC(=O)Nc1cccc(Nc2nccc(C(=O)NCc3ccccn3)n2)c1. The van der Waals surface area contributed by atoms with Crippen molar-refractivity contribution < 1.29 is 9.59 Å². The Kier molecular flexibility index (Phi) is 5.68. The Labute approximate surface area is 156 Å². The quantitative estimate of drug-likeness (QED) is 0.622. The van der Waals surface area contributed by atoms with E-state index < -0.39 is 0 Å². The van der Waals surface area contributed by atoms with Gasteiger partial charge < -0.3 is 16.0 Å². The van der Waals surface area contributed by atoms with Crippen molar-refractivity contribution in [3.63, 3.8) is 0 Å². The Morgan fingerprint density at radius 1 is 0.963 bits per heavy atom. The lowest BCUT2D eigenvalue weighted by molar-refractivity contribution is -0.114. The number of amides is 2. The molecule has 0 unspecified atom stereocenters. The number of rotatable bonds is 6. The highest BCUT2D eigenvalue weighted by Crippen LogP contribution is 2.18. The molecule has 0 bridgehead atoms. The number of hydrogen-bond acceptors (Lipinski definition) is 6. The monoisotopic (exact) mass is 362 g/mol. The zero-order chi connectivity index (χ0) is 19.1. The highest BCUT2D eigenvalue weighted by Gasteiger charge is 2.09. The standard InChI is InChI=1S/C19H18N6O2/c1-13(26)23-14-6-4-7-15(11-14)24-19-21-10-8-17(25-19)18(27)22-12-16-5-2-3-9-20-16/h2-11H,12H2,1H3,(H,22,27)(H,23,26)(H,21,24,25). The maximum atomic E-state index is 12.3. The molecule has 0 fully saturated rings. The summed E-state index contributed by atoms with van der Waals surface area (Å²) in [6.07, 6.45) is 3.17. The second kappa shape index (κ2) is 8.52. The molecule has 3 rings (SSSR count). The largest absolute Gasteiger partial charge is 0.345 e. The van der Waals surface area contributed by atoms with E-state index in [1.807, 2.05) is 24.3 Å². The fourth-order valence-corrected chi connectivity index (χ4v) is 2.32. The third kappa shape index (κ3) is 5.33. The molecule has 0 aliphatic carbocycles. The number of carbonyl (C=O) groups is 2. The van der Waals surface area contributed by atoms with Crippen molar-refractivity contribution in [3.8, 4) is 0 Å². The average molecular weight is 362 g/mol. The first-order valence-electron chi connectivity index (χ1n) is 8.26. The Bertz CT molecular complexity index is 946. The fraction of sp³-hybridized carbons (Fsp3) is 0.105. The van der Waals surface area contributed by atoms with Crippen molar-refractivity contribution >= 4 is 29.1 Å². The van der Waals surface area contributed by atoms with Crippen molar-refractivity contribution in [1.82, 2.24) is 20.3 Å². The molecule has 2 aromatic heterocycles. The van der Waals surface area contributed by atoms with Crippen LogP contribution in [-0.2, 0) is 11.3 Å². The van der Waals surface area contributed by atoms with E-state index in [-0.39, 0.29) is 23.5 Å². The summed E-state index contributed by atoms with van der Waals surface area (Å²) in [6.45, 7) is 1.75. The van der Waals surface area contributed by atoms with Crippen LogP contribution in [0.2, 0.25) is 0 Å². The van der Waals surface area contributed by atoms with Crippen molar-refractivity contribution in [1.29, 1.82) is 0 Å². The van der Waals surface area contributed by atoms with Gasteiger partial charge in [0, 0.05) is 30.7 Å². The molecule has 3 N–H and O–H groups in total. The van der Waals surface area contributed by atoms with E-state index in [2.05, 4.69) is 30.9 Å². The van der Waals surface area contributed by atoms with Crippen molar-refractivity contribution in [2.45, 2.75) is 13.5 Å². The lowest BCUT2D eigenvalue weighted by Gasteiger charge is -2.09. The zero-order valence-electron chi connectivity index (χ0n) is 14.6. The third-order valence-corrected chi connectivity index (χ3v) is 3.48. The van der Waals surface area contributed by atoms with Gasteiger partial charge in [-0.25, -0.2) is 9.97 Å². The number of nitrogens with one attached hydrogen (secondary N) is 3. The molecule has 3 aromatic rings. The summed E-state index contributed by atoms with van der Waals surface area (Å²) >= 11 is 0. The molecule has 0 aliphatic heterocycles. The van der Waals surface area contributed by atoms with E-state index >= 15 is 0 Å². The smallest absolute Gasteiger partial charge is 0.270 e. The average Bonchev–Trinajstić information content (AvgIpc) is 2.67. The maximum absolute atomic E-state index is 12.3. The molecule has 27 heavy (non-hydrogen) atoms. The lowest BCUT2D eigenvalue weighted by atomic mass is 10.2. The van der Waals surface area contributed by atoms with Gasteiger partial charge >= 0.3 is 0 Å². The van der Waals surface area contributed by atoms with Gasteiger partial charge in [-0.15, -0.1) is 0 Å². The number of carbonyl (C=O) groups excluding carboxylic acids is 2. The van der Waals surface area contributed by atoms with Gasteiger partial charge in [-0.2, -0.15) is 0 Å². The Hall–Kier alpha value is -3.81.